The molecule has 2 heterocycles. The maximum Gasteiger partial charge on any atom is 0.321 e. The molecule has 9 heteroatoms. The minimum absolute atomic E-state index is 0.0616. The minimum Gasteiger partial charge on any atom is -0.464 e. The molecule has 0 aliphatic carbocycles. The van der Waals surface area contributed by atoms with E-state index in [0.29, 0.717) is 22.7 Å². The van der Waals surface area contributed by atoms with Gasteiger partial charge >= 0.3 is 6.01 Å². The average Bonchev–Trinajstić information content (AvgIpc) is 2.58. The summed E-state index contributed by atoms with van der Waals surface area (Å²) in [7, 11) is 1.73. The molecule has 0 aliphatic heterocycles. The molecule has 0 atom stereocenters. The van der Waals surface area contributed by atoms with Crippen molar-refractivity contribution in [2.45, 2.75) is 6.92 Å². The normalized spacial score (nSPS) is 10.6. The molecule has 2 aromatic rings. The molecule has 0 saturated heterocycles. The molecule has 0 aromatic carbocycles. The van der Waals surface area contributed by atoms with Crippen LogP contribution in [0.4, 0.5) is 0 Å². The highest BCUT2D eigenvalue weighted by atomic mass is 79.9. The van der Waals surface area contributed by atoms with Crippen LogP contribution in [0.5, 0.6) is 6.01 Å². The van der Waals surface area contributed by atoms with Gasteiger partial charge in [-0.1, -0.05) is 5.21 Å². The van der Waals surface area contributed by atoms with Crippen molar-refractivity contribution in [3.05, 3.63) is 9.89 Å². The molecule has 0 spiro atoms. The Morgan fingerprint density at radius 2 is 2.12 bits per heavy atom. The monoisotopic (exact) mass is 318 g/mol. The lowest BCUT2D eigenvalue weighted by Gasteiger charge is -2.04. The molecule has 0 saturated carbocycles. The van der Waals surface area contributed by atoms with E-state index in [-0.39, 0.29) is 11.3 Å². The van der Waals surface area contributed by atoms with Crippen LogP contribution in [0.2, 0.25) is 5.28 Å². The Labute approximate surface area is 110 Å². The fourth-order valence-corrected chi connectivity index (χ4v) is 1.86. The van der Waals surface area contributed by atoms with Crippen LogP contribution in [0.3, 0.4) is 0 Å². The van der Waals surface area contributed by atoms with Gasteiger partial charge < -0.3 is 4.74 Å². The van der Waals surface area contributed by atoms with Gasteiger partial charge in [-0.05, 0) is 34.5 Å². The predicted molar refractivity (Wildman–Crippen MR) is 63.7 cm³/mol. The van der Waals surface area contributed by atoms with Crippen LogP contribution in [0.15, 0.2) is 4.60 Å². The van der Waals surface area contributed by atoms with Crippen molar-refractivity contribution in [1.29, 1.82) is 0 Å². The molecule has 0 aliphatic rings. The highest BCUT2D eigenvalue weighted by molar-refractivity contribution is 9.10. The smallest absolute Gasteiger partial charge is 0.321 e. The number of hydrogen-bond donors (Lipinski definition) is 0. The molecule has 17 heavy (non-hydrogen) atoms. The van der Waals surface area contributed by atoms with Gasteiger partial charge in [-0.25, -0.2) is 4.68 Å². The second-order valence-corrected chi connectivity index (χ2v) is 4.09. The van der Waals surface area contributed by atoms with E-state index in [1.165, 1.54) is 4.68 Å². The zero-order chi connectivity index (χ0) is 12.4. The van der Waals surface area contributed by atoms with E-state index in [9.17, 15) is 0 Å². The van der Waals surface area contributed by atoms with E-state index < -0.39 is 0 Å². The number of nitrogens with zero attached hydrogens (tertiary/aromatic N) is 6. The third kappa shape index (κ3) is 2.52. The molecule has 0 bridgehead atoms. The van der Waals surface area contributed by atoms with Crippen molar-refractivity contribution < 1.29 is 4.74 Å². The second-order valence-electron chi connectivity index (χ2n) is 3.00. The first-order valence-corrected chi connectivity index (χ1v) is 5.88. The first-order chi connectivity index (χ1) is 8.11. The SMILES string of the molecule is CCOc1nc(Cl)nc(-c2c(Br)nnn2C)n1. The van der Waals surface area contributed by atoms with Gasteiger partial charge in [0, 0.05) is 7.05 Å². The topological polar surface area (TPSA) is 78.6 Å². The first kappa shape index (κ1) is 12.2. The summed E-state index contributed by atoms with van der Waals surface area (Å²) in [6.07, 6.45) is 0. The van der Waals surface area contributed by atoms with Crippen LogP contribution in [0, 0.1) is 0 Å². The third-order valence-corrected chi connectivity index (χ3v) is 2.56. The number of aryl methyl sites for hydroxylation is 1. The first-order valence-electron chi connectivity index (χ1n) is 4.71. The Bertz CT molecular complexity index is 525. The van der Waals surface area contributed by atoms with Gasteiger partial charge in [-0.2, -0.15) is 15.0 Å². The van der Waals surface area contributed by atoms with E-state index in [2.05, 4.69) is 41.2 Å². The molecule has 0 N–H and O–H groups in total. The quantitative estimate of drug-likeness (QED) is 0.852. The van der Waals surface area contributed by atoms with Crippen LogP contribution in [-0.4, -0.2) is 36.6 Å². The largest absolute Gasteiger partial charge is 0.464 e. The number of hydrogen-bond acceptors (Lipinski definition) is 6. The van der Waals surface area contributed by atoms with Crippen molar-refractivity contribution in [2.75, 3.05) is 6.61 Å². The molecule has 0 radical (unpaired) electrons. The van der Waals surface area contributed by atoms with Crippen molar-refractivity contribution in [1.82, 2.24) is 29.9 Å². The maximum atomic E-state index is 5.80. The average molecular weight is 320 g/mol. The zero-order valence-electron chi connectivity index (χ0n) is 9.05. The summed E-state index contributed by atoms with van der Waals surface area (Å²) in [4.78, 5) is 12.0. The van der Waals surface area contributed by atoms with Gasteiger partial charge in [0.2, 0.25) is 5.28 Å². The van der Waals surface area contributed by atoms with Crippen LogP contribution < -0.4 is 4.74 Å². The summed E-state index contributed by atoms with van der Waals surface area (Å²) in [5.41, 5.74) is 0.607. The highest BCUT2D eigenvalue weighted by Gasteiger charge is 2.16. The Balaban J connectivity index is 2.52. The number of halogens is 2. The van der Waals surface area contributed by atoms with Crippen LogP contribution >= 0.6 is 27.5 Å². The van der Waals surface area contributed by atoms with Gasteiger partial charge in [0.05, 0.1) is 6.61 Å². The number of rotatable bonds is 3. The van der Waals surface area contributed by atoms with E-state index in [1.54, 1.807) is 7.05 Å². The lowest BCUT2D eigenvalue weighted by Crippen LogP contribution is -2.04. The molecule has 2 rings (SSSR count). The van der Waals surface area contributed by atoms with Gasteiger partial charge in [-0.3, -0.25) is 0 Å². The Hall–Kier alpha value is -1.28. The van der Waals surface area contributed by atoms with Crippen molar-refractivity contribution in [3.8, 4) is 17.5 Å². The zero-order valence-corrected chi connectivity index (χ0v) is 11.4. The molecule has 7 nitrogen and oxygen atoms in total. The summed E-state index contributed by atoms with van der Waals surface area (Å²) in [6, 6.07) is 0.176. The molecular weight excluding hydrogens is 311 g/mol. The lowest BCUT2D eigenvalue weighted by molar-refractivity contribution is 0.311. The summed E-state index contributed by atoms with van der Waals surface area (Å²) >= 11 is 9.06. The minimum atomic E-state index is 0.0616. The Morgan fingerprint density at radius 1 is 1.35 bits per heavy atom. The van der Waals surface area contributed by atoms with Gasteiger partial charge in [-0.15, -0.1) is 5.10 Å². The molecular formula is C8H8BrClN6O. The summed E-state index contributed by atoms with van der Waals surface area (Å²) in [5, 5.41) is 7.74. The van der Waals surface area contributed by atoms with Crippen LogP contribution in [0.1, 0.15) is 6.92 Å². The fraction of sp³-hybridized carbons (Fsp3) is 0.375. The summed E-state index contributed by atoms with van der Waals surface area (Å²) in [6.45, 7) is 2.28. The van der Waals surface area contributed by atoms with E-state index in [1.807, 2.05) is 6.92 Å². The third-order valence-electron chi connectivity index (χ3n) is 1.86. The van der Waals surface area contributed by atoms with Gasteiger partial charge in [0.1, 0.15) is 5.69 Å². The summed E-state index contributed by atoms with van der Waals surface area (Å²) in [5.74, 6) is 0.354. The van der Waals surface area contributed by atoms with Gasteiger partial charge in [0.15, 0.2) is 10.4 Å². The Kier molecular flexibility index (Phi) is 3.53. The number of aromatic nitrogens is 6. The summed E-state index contributed by atoms with van der Waals surface area (Å²) < 4.78 is 7.26. The predicted octanol–water partition coefficient (Wildman–Crippen LogP) is 1.48. The molecule has 0 fully saturated rings. The molecule has 90 valence electrons. The highest BCUT2D eigenvalue weighted by Crippen LogP contribution is 2.24. The van der Waals surface area contributed by atoms with Crippen molar-refractivity contribution in [3.63, 3.8) is 0 Å². The van der Waals surface area contributed by atoms with E-state index in [0.717, 1.165) is 0 Å². The molecule has 0 amide bonds. The maximum absolute atomic E-state index is 5.80. The van der Waals surface area contributed by atoms with Gasteiger partial charge in [0.25, 0.3) is 0 Å². The van der Waals surface area contributed by atoms with E-state index >= 15 is 0 Å². The lowest BCUT2D eigenvalue weighted by atomic mass is 10.4. The second kappa shape index (κ2) is 4.92. The molecule has 0 unspecified atom stereocenters. The fourth-order valence-electron chi connectivity index (χ4n) is 1.20. The van der Waals surface area contributed by atoms with Crippen molar-refractivity contribution in [2.24, 2.45) is 7.05 Å². The van der Waals surface area contributed by atoms with Crippen LogP contribution in [0.25, 0.3) is 11.5 Å². The van der Waals surface area contributed by atoms with Crippen LogP contribution in [-0.2, 0) is 7.05 Å². The standard InChI is InChI=1S/C8H8BrClN6O/c1-3-17-8-12-6(11-7(10)13-8)4-5(9)14-15-16(4)2/h3H2,1-2H3. The Morgan fingerprint density at radius 3 is 2.71 bits per heavy atom. The van der Waals surface area contributed by atoms with E-state index in [4.69, 9.17) is 16.3 Å². The molecule has 2 aromatic heterocycles. The number of ether oxygens (including phenoxy) is 1. The van der Waals surface area contributed by atoms with Crippen molar-refractivity contribution >= 4 is 27.5 Å².